The zero-order chi connectivity index (χ0) is 14.4. The van der Waals surface area contributed by atoms with Gasteiger partial charge in [0.2, 0.25) is 10.0 Å². The molecule has 1 aromatic heterocycles. The molecule has 2 N–H and O–H groups in total. The van der Waals surface area contributed by atoms with Gasteiger partial charge in [0, 0.05) is 12.6 Å². The first kappa shape index (κ1) is 14.1. The maximum atomic E-state index is 12.5. The summed E-state index contributed by atoms with van der Waals surface area (Å²) in [6.07, 6.45) is 5.65. The second-order valence-electron chi connectivity index (χ2n) is 6.27. The predicted molar refractivity (Wildman–Crippen MR) is 80.8 cm³/mol. The molecule has 0 amide bonds. The monoisotopic (exact) mass is 328 g/mol. The quantitative estimate of drug-likeness (QED) is 0.832. The molecule has 0 spiro atoms. The first-order valence-electron chi connectivity index (χ1n) is 7.59. The van der Waals surface area contributed by atoms with E-state index in [1.807, 2.05) is 5.38 Å². The van der Waals surface area contributed by atoms with Gasteiger partial charge in [-0.15, -0.1) is 11.3 Å². The van der Waals surface area contributed by atoms with Crippen molar-refractivity contribution in [2.24, 2.45) is 0 Å². The second-order valence-corrected chi connectivity index (χ2v) is 9.12. The lowest BCUT2D eigenvalue weighted by molar-refractivity contribution is 0.0996. The number of hydrogen-bond donors (Lipinski definition) is 2. The molecular formula is C14H20N2O3S2. The smallest absolute Gasteiger partial charge is 0.250 e. The maximum absolute atomic E-state index is 12.5. The van der Waals surface area contributed by atoms with Crippen LogP contribution in [0.1, 0.15) is 37.7 Å². The third-order valence-corrected chi connectivity index (χ3v) is 7.46. The van der Waals surface area contributed by atoms with Gasteiger partial charge < -0.3 is 10.1 Å². The van der Waals surface area contributed by atoms with Crippen LogP contribution in [-0.4, -0.2) is 32.7 Å². The summed E-state index contributed by atoms with van der Waals surface area (Å²) in [4.78, 5) is 0. The van der Waals surface area contributed by atoms with Gasteiger partial charge in [-0.05, 0) is 49.1 Å². The highest BCUT2D eigenvalue weighted by molar-refractivity contribution is 7.91. The lowest BCUT2D eigenvalue weighted by atomic mass is 9.96. The standard InChI is InChI=1S/C14H20N2O3S2/c17-21(18,16-12-6-11-3-4-13(12)19-11)14-5-9(8-20-14)7-15-10-1-2-10/h5,8,10-13,15-16H,1-4,6-7H2. The molecule has 3 heterocycles. The van der Waals surface area contributed by atoms with E-state index in [0.717, 1.165) is 31.4 Å². The second kappa shape index (κ2) is 5.31. The highest BCUT2D eigenvalue weighted by Gasteiger charge is 2.42. The van der Waals surface area contributed by atoms with Crippen LogP contribution in [0.5, 0.6) is 0 Å². The van der Waals surface area contributed by atoms with E-state index in [1.54, 1.807) is 6.07 Å². The average Bonchev–Trinajstić information content (AvgIpc) is 2.89. The van der Waals surface area contributed by atoms with Crippen molar-refractivity contribution < 1.29 is 13.2 Å². The van der Waals surface area contributed by atoms with Gasteiger partial charge in [-0.25, -0.2) is 13.1 Å². The first-order valence-corrected chi connectivity index (χ1v) is 9.95. The van der Waals surface area contributed by atoms with Crippen molar-refractivity contribution >= 4 is 21.4 Å². The minimum atomic E-state index is -3.41. The predicted octanol–water partition coefficient (Wildman–Crippen LogP) is 1.60. The fraction of sp³-hybridized carbons (Fsp3) is 0.714. The molecule has 0 aromatic carbocycles. The average molecular weight is 328 g/mol. The Hall–Kier alpha value is -0.470. The fourth-order valence-corrected chi connectivity index (χ4v) is 5.66. The largest absolute Gasteiger partial charge is 0.373 e. The van der Waals surface area contributed by atoms with Crippen LogP contribution in [0.2, 0.25) is 0 Å². The lowest BCUT2D eigenvalue weighted by Gasteiger charge is -2.19. The molecule has 1 aliphatic carbocycles. The molecule has 7 heteroatoms. The van der Waals surface area contributed by atoms with Crippen LogP contribution in [0.4, 0.5) is 0 Å². The minimum absolute atomic E-state index is 0.0520. The van der Waals surface area contributed by atoms with Gasteiger partial charge in [-0.2, -0.15) is 0 Å². The van der Waals surface area contributed by atoms with Crippen molar-refractivity contribution in [2.75, 3.05) is 0 Å². The van der Waals surface area contributed by atoms with E-state index in [2.05, 4.69) is 10.0 Å². The van der Waals surface area contributed by atoms with E-state index < -0.39 is 10.0 Å². The van der Waals surface area contributed by atoms with E-state index >= 15 is 0 Å². The van der Waals surface area contributed by atoms with Crippen LogP contribution in [0.3, 0.4) is 0 Å². The van der Waals surface area contributed by atoms with Crippen molar-refractivity contribution in [3.8, 4) is 0 Å². The van der Waals surface area contributed by atoms with Crippen molar-refractivity contribution in [1.82, 2.24) is 10.0 Å². The molecule has 1 saturated carbocycles. The Kier molecular flexibility index (Phi) is 3.58. The minimum Gasteiger partial charge on any atom is -0.373 e. The zero-order valence-electron chi connectivity index (χ0n) is 11.7. The molecule has 3 atom stereocenters. The van der Waals surface area contributed by atoms with Gasteiger partial charge in [0.15, 0.2) is 0 Å². The summed E-state index contributed by atoms with van der Waals surface area (Å²) in [6, 6.07) is 2.37. The van der Waals surface area contributed by atoms with Crippen LogP contribution < -0.4 is 10.0 Å². The summed E-state index contributed by atoms with van der Waals surface area (Å²) in [5, 5.41) is 5.34. The Morgan fingerprint density at radius 2 is 2.14 bits per heavy atom. The van der Waals surface area contributed by atoms with Crippen LogP contribution >= 0.6 is 11.3 Å². The number of rotatable bonds is 6. The summed E-state index contributed by atoms with van der Waals surface area (Å²) in [6.45, 7) is 0.758. The molecule has 21 heavy (non-hydrogen) atoms. The van der Waals surface area contributed by atoms with Crippen molar-refractivity contribution in [3.63, 3.8) is 0 Å². The first-order chi connectivity index (χ1) is 10.1. The third kappa shape index (κ3) is 3.03. The Morgan fingerprint density at radius 3 is 2.81 bits per heavy atom. The Bertz CT molecular complexity index is 624. The maximum Gasteiger partial charge on any atom is 0.250 e. The van der Waals surface area contributed by atoms with Gasteiger partial charge in [0.1, 0.15) is 4.21 Å². The summed E-state index contributed by atoms with van der Waals surface area (Å²) in [7, 11) is -3.41. The number of sulfonamides is 1. The number of fused-ring (bicyclic) bond motifs is 2. The van der Waals surface area contributed by atoms with Crippen LogP contribution in [0.15, 0.2) is 15.7 Å². The van der Waals surface area contributed by atoms with Gasteiger partial charge in [-0.3, -0.25) is 0 Å². The molecule has 2 aliphatic heterocycles. The highest BCUT2D eigenvalue weighted by Crippen LogP contribution is 2.35. The topological polar surface area (TPSA) is 67.4 Å². The van der Waals surface area contributed by atoms with E-state index in [9.17, 15) is 8.42 Å². The molecule has 5 nitrogen and oxygen atoms in total. The molecule has 4 rings (SSSR count). The molecule has 3 unspecified atom stereocenters. The highest BCUT2D eigenvalue weighted by atomic mass is 32.2. The number of ether oxygens (including phenoxy) is 1. The molecule has 1 aromatic rings. The summed E-state index contributed by atoms with van der Waals surface area (Å²) in [5.74, 6) is 0. The fourth-order valence-electron chi connectivity index (χ4n) is 3.16. The number of nitrogens with one attached hydrogen (secondary N) is 2. The third-order valence-electron chi connectivity index (χ3n) is 4.48. The van der Waals surface area contributed by atoms with Crippen molar-refractivity contribution in [3.05, 3.63) is 17.0 Å². The molecular weight excluding hydrogens is 308 g/mol. The Labute approximate surface area is 129 Å². The normalized spacial score (nSPS) is 31.9. The summed E-state index contributed by atoms with van der Waals surface area (Å²) < 4.78 is 33.9. The van der Waals surface area contributed by atoms with Gasteiger partial charge in [0.05, 0.1) is 18.2 Å². The molecule has 116 valence electrons. The lowest BCUT2D eigenvalue weighted by Crippen LogP contribution is -2.41. The zero-order valence-corrected chi connectivity index (χ0v) is 13.4. The Morgan fingerprint density at radius 1 is 1.29 bits per heavy atom. The molecule has 2 saturated heterocycles. The van der Waals surface area contributed by atoms with E-state index in [4.69, 9.17) is 4.74 Å². The summed E-state index contributed by atoms with van der Waals surface area (Å²) in [5.41, 5.74) is 1.05. The van der Waals surface area contributed by atoms with Crippen LogP contribution in [0, 0.1) is 0 Å². The molecule has 3 fully saturated rings. The molecule has 0 radical (unpaired) electrons. The SMILES string of the molecule is O=S(=O)(NC1CC2CCC1O2)c1cc(CNC2CC2)cs1. The van der Waals surface area contributed by atoms with E-state index in [0.29, 0.717) is 10.3 Å². The van der Waals surface area contributed by atoms with Crippen LogP contribution in [-0.2, 0) is 21.3 Å². The van der Waals surface area contributed by atoms with Crippen molar-refractivity contribution in [1.29, 1.82) is 0 Å². The van der Waals surface area contributed by atoms with E-state index in [-0.39, 0.29) is 18.2 Å². The number of hydrogen-bond acceptors (Lipinski definition) is 5. The van der Waals surface area contributed by atoms with Gasteiger partial charge >= 0.3 is 0 Å². The van der Waals surface area contributed by atoms with Gasteiger partial charge in [0.25, 0.3) is 0 Å². The van der Waals surface area contributed by atoms with Crippen LogP contribution in [0.25, 0.3) is 0 Å². The summed E-state index contributed by atoms with van der Waals surface area (Å²) >= 11 is 1.30. The molecule has 2 bridgehead atoms. The van der Waals surface area contributed by atoms with Gasteiger partial charge in [-0.1, -0.05) is 0 Å². The van der Waals surface area contributed by atoms with Crippen molar-refractivity contribution in [2.45, 2.75) is 67.1 Å². The molecule has 3 aliphatic rings. The Balaban J connectivity index is 1.41. The number of thiophene rings is 1. The van der Waals surface area contributed by atoms with E-state index in [1.165, 1.54) is 24.2 Å².